The van der Waals surface area contributed by atoms with Gasteiger partial charge in [-0.15, -0.1) is 0 Å². The third-order valence-corrected chi connectivity index (χ3v) is 11.4. The Kier molecular flexibility index (Phi) is 10.1. The molecule has 10 nitrogen and oxygen atoms in total. The Bertz CT molecular complexity index is 1340. The van der Waals surface area contributed by atoms with Crippen LogP contribution < -0.4 is 21.7 Å². The minimum absolute atomic E-state index is 0.0822. The van der Waals surface area contributed by atoms with Crippen molar-refractivity contribution in [1.82, 2.24) is 20.9 Å². The van der Waals surface area contributed by atoms with E-state index in [4.69, 9.17) is 5.73 Å². The normalized spacial score (nSPS) is 25.6. The fourth-order valence-electron chi connectivity index (χ4n) is 8.32. The number of fused-ring (bicyclic) bond motifs is 1. The Morgan fingerprint density at radius 1 is 0.979 bits per heavy atom. The fraction of sp³-hybridized carbons (Fsp3) is 0.703. The van der Waals surface area contributed by atoms with E-state index in [1.54, 1.807) is 4.90 Å². The molecule has 1 aromatic rings. The molecule has 1 unspecified atom stereocenters. The van der Waals surface area contributed by atoms with Gasteiger partial charge in [-0.3, -0.25) is 19.2 Å². The van der Waals surface area contributed by atoms with Crippen LogP contribution in [-0.2, 0) is 25.6 Å². The highest BCUT2D eigenvalue weighted by Gasteiger charge is 2.70. The lowest BCUT2D eigenvalue weighted by Crippen LogP contribution is -2.63. The van der Waals surface area contributed by atoms with Crippen LogP contribution in [0.2, 0.25) is 0 Å². The predicted octanol–water partition coefficient (Wildman–Crippen LogP) is 4.25. The van der Waals surface area contributed by atoms with E-state index in [0.29, 0.717) is 13.0 Å². The quantitative estimate of drug-likeness (QED) is 0.236. The Morgan fingerprint density at radius 2 is 1.64 bits per heavy atom. The molecule has 5 N–H and O–H groups in total. The second-order valence-electron chi connectivity index (χ2n) is 16.4. The number of likely N-dealkylation sites (tertiary alicyclic amines) is 1. The Labute approximate surface area is 279 Å². The number of nitrogens with zero attached hydrogens (tertiary/aromatic N) is 1. The average Bonchev–Trinajstić information content (AvgIpc) is 3.86. The van der Waals surface area contributed by atoms with Gasteiger partial charge in [-0.05, 0) is 72.7 Å². The van der Waals surface area contributed by atoms with Gasteiger partial charge in [0.25, 0.3) is 5.91 Å². The van der Waals surface area contributed by atoms with E-state index in [-0.39, 0.29) is 40.6 Å². The molecule has 3 aliphatic carbocycles. The van der Waals surface area contributed by atoms with Crippen LogP contribution in [0.3, 0.4) is 0 Å². The fourth-order valence-corrected chi connectivity index (χ4v) is 8.32. The van der Waals surface area contributed by atoms with Crippen LogP contribution in [0.5, 0.6) is 0 Å². The van der Waals surface area contributed by atoms with Crippen LogP contribution >= 0.6 is 0 Å². The van der Waals surface area contributed by atoms with Gasteiger partial charge in [-0.2, -0.15) is 0 Å². The van der Waals surface area contributed by atoms with E-state index < -0.39 is 41.1 Å². The highest BCUT2D eigenvalue weighted by atomic mass is 16.2. The zero-order valence-corrected chi connectivity index (χ0v) is 28.9. The Morgan fingerprint density at radius 3 is 2.23 bits per heavy atom. The molecular formula is C37H55N5O5. The first-order valence-electron chi connectivity index (χ1n) is 17.7. The Hall–Kier alpha value is -3.43. The molecule has 1 heterocycles. The van der Waals surface area contributed by atoms with Crippen molar-refractivity contribution >= 4 is 29.5 Å². The van der Waals surface area contributed by atoms with Crippen LogP contribution in [0.25, 0.3) is 0 Å². The minimum Gasteiger partial charge on any atom is -0.363 e. The van der Waals surface area contributed by atoms with Gasteiger partial charge in [0.1, 0.15) is 12.1 Å². The van der Waals surface area contributed by atoms with Crippen molar-refractivity contribution in [1.29, 1.82) is 0 Å². The number of rotatable bonds is 13. The third-order valence-electron chi connectivity index (χ3n) is 11.4. The van der Waals surface area contributed by atoms with E-state index in [1.165, 1.54) is 5.56 Å². The molecule has 1 aromatic carbocycles. The van der Waals surface area contributed by atoms with Gasteiger partial charge in [-0.25, -0.2) is 4.79 Å². The van der Waals surface area contributed by atoms with Gasteiger partial charge in [0, 0.05) is 12.1 Å². The molecule has 0 aromatic heterocycles. The van der Waals surface area contributed by atoms with Gasteiger partial charge >= 0.3 is 6.03 Å². The first-order chi connectivity index (χ1) is 22.1. The molecule has 10 heteroatoms. The second kappa shape index (κ2) is 13.6. The van der Waals surface area contributed by atoms with E-state index in [2.05, 4.69) is 41.9 Å². The topological polar surface area (TPSA) is 151 Å². The summed E-state index contributed by atoms with van der Waals surface area (Å²) in [6.07, 6.45) is 10.1. The molecular weight excluding hydrogens is 594 g/mol. The van der Waals surface area contributed by atoms with E-state index in [9.17, 15) is 24.0 Å². The largest absolute Gasteiger partial charge is 0.363 e. The van der Waals surface area contributed by atoms with Crippen molar-refractivity contribution in [3.8, 4) is 0 Å². The number of aryl methyl sites for hydroxylation is 1. The Balaban J connectivity index is 1.29. The molecule has 3 saturated carbocycles. The second-order valence-corrected chi connectivity index (χ2v) is 16.4. The molecule has 5 atom stereocenters. The summed E-state index contributed by atoms with van der Waals surface area (Å²) in [7, 11) is 0. The lowest BCUT2D eigenvalue weighted by molar-refractivity contribution is -0.145. The number of amides is 5. The van der Waals surface area contributed by atoms with Crippen LogP contribution in [0, 0.1) is 28.6 Å². The van der Waals surface area contributed by atoms with Crippen molar-refractivity contribution in [2.45, 2.75) is 129 Å². The number of urea groups is 1. The van der Waals surface area contributed by atoms with Gasteiger partial charge in [-0.1, -0.05) is 97.1 Å². The molecule has 0 spiro atoms. The molecule has 258 valence electrons. The van der Waals surface area contributed by atoms with E-state index in [1.807, 2.05) is 39.0 Å². The number of Topliss-reactive ketones (excluding diaryl/α,β-unsaturated/α-hetero) is 1. The monoisotopic (exact) mass is 649 g/mol. The smallest absolute Gasteiger partial charge is 0.315 e. The molecule has 47 heavy (non-hydrogen) atoms. The van der Waals surface area contributed by atoms with Crippen LogP contribution in [-0.4, -0.2) is 64.6 Å². The third kappa shape index (κ3) is 8.00. The number of carbonyl (C=O) groups excluding carboxylic acids is 5. The molecule has 1 saturated heterocycles. The van der Waals surface area contributed by atoms with Gasteiger partial charge < -0.3 is 26.6 Å². The number of carbonyl (C=O) groups is 5. The van der Waals surface area contributed by atoms with Crippen LogP contribution in [0.4, 0.5) is 4.79 Å². The number of ketones is 1. The number of hydrogen-bond acceptors (Lipinski definition) is 5. The van der Waals surface area contributed by atoms with Crippen molar-refractivity contribution in [2.24, 2.45) is 34.3 Å². The molecule has 5 rings (SSSR count). The number of primary amides is 1. The maximum atomic E-state index is 14.4. The first kappa shape index (κ1) is 34.9. The highest BCUT2D eigenvalue weighted by molar-refractivity contribution is 6.37. The number of nitrogens with one attached hydrogen (secondary N) is 3. The summed E-state index contributed by atoms with van der Waals surface area (Å²) in [5.41, 5.74) is 5.50. The molecule has 5 amide bonds. The minimum atomic E-state index is -1.07. The van der Waals surface area contributed by atoms with Crippen LogP contribution in [0.1, 0.15) is 104 Å². The summed E-state index contributed by atoms with van der Waals surface area (Å²) < 4.78 is 0. The maximum Gasteiger partial charge on any atom is 0.315 e. The van der Waals surface area contributed by atoms with Crippen molar-refractivity contribution in [3.63, 3.8) is 0 Å². The number of nitrogens with two attached hydrogens (primary N) is 1. The molecule has 0 bridgehead atoms. The molecule has 1 aliphatic heterocycles. The number of piperidine rings is 1. The summed E-state index contributed by atoms with van der Waals surface area (Å²) >= 11 is 0. The summed E-state index contributed by atoms with van der Waals surface area (Å²) in [6.45, 7) is 10.3. The summed E-state index contributed by atoms with van der Waals surface area (Å²) in [5.74, 6) is -2.31. The predicted molar refractivity (Wildman–Crippen MR) is 180 cm³/mol. The lowest BCUT2D eigenvalue weighted by atomic mass is 9.78. The molecule has 0 radical (unpaired) electrons. The lowest BCUT2D eigenvalue weighted by Gasteiger charge is -2.41. The average molecular weight is 650 g/mol. The maximum absolute atomic E-state index is 14.4. The van der Waals surface area contributed by atoms with Gasteiger partial charge in [0.05, 0.1) is 6.04 Å². The summed E-state index contributed by atoms with van der Waals surface area (Å²) in [6, 6.07) is 7.34. The van der Waals surface area contributed by atoms with Crippen LogP contribution in [0.15, 0.2) is 30.3 Å². The zero-order valence-electron chi connectivity index (χ0n) is 28.9. The van der Waals surface area contributed by atoms with E-state index >= 15 is 0 Å². The summed E-state index contributed by atoms with van der Waals surface area (Å²) in [4.78, 5) is 68.1. The van der Waals surface area contributed by atoms with Crippen molar-refractivity contribution in [2.75, 3.05) is 6.54 Å². The SMILES string of the molecule is CC(C)(C)[C@H](NC(=O)NC1(CCCc2ccccc2)CCCCC1)C(=O)N1C[C@H]2[C@@H]([C@H]1C(=O)NC(CC1CC1)C(=O)C(N)=O)C2(C)C. The first-order valence-corrected chi connectivity index (χ1v) is 17.7. The van der Waals surface area contributed by atoms with Crippen molar-refractivity contribution < 1.29 is 24.0 Å². The summed E-state index contributed by atoms with van der Waals surface area (Å²) in [5, 5.41) is 9.18. The van der Waals surface area contributed by atoms with Gasteiger partial charge in [0.15, 0.2) is 0 Å². The highest BCUT2D eigenvalue weighted by Crippen LogP contribution is 2.65. The van der Waals surface area contributed by atoms with Gasteiger partial charge in [0.2, 0.25) is 17.6 Å². The molecule has 4 aliphatic rings. The van der Waals surface area contributed by atoms with Crippen molar-refractivity contribution in [3.05, 3.63) is 35.9 Å². The number of benzene rings is 1. The zero-order chi connectivity index (χ0) is 34.1. The van der Waals surface area contributed by atoms with E-state index in [0.717, 1.165) is 64.2 Å². The molecule has 4 fully saturated rings. The number of hydrogen-bond donors (Lipinski definition) is 4. The standard InChI is InChI=1S/C37H55N5O5/c1-35(2,3)30(40-34(47)41-37(18-10-7-11-19-37)20-12-15-23-13-8-6-9-14-23)33(46)42-22-25-27(36(25,4)5)28(42)32(45)39-26(21-24-16-17-24)29(43)31(38)44/h6,8-9,13-14,24-28,30H,7,10-12,15-22H2,1-5H3,(H2,38,44)(H,39,45)(H2,40,41,47)/t25-,26?,27-,28-,30+/m0/s1.